The van der Waals surface area contributed by atoms with E-state index in [-0.39, 0.29) is 17.7 Å². The lowest BCUT2D eigenvalue weighted by molar-refractivity contribution is -0.116. The Morgan fingerprint density at radius 1 is 0.903 bits per heavy atom. The zero-order chi connectivity index (χ0) is 21.4. The summed E-state index contributed by atoms with van der Waals surface area (Å²) in [6.45, 7) is 0. The molecule has 1 aliphatic heterocycles. The zero-order valence-electron chi connectivity index (χ0n) is 17.2. The van der Waals surface area contributed by atoms with Gasteiger partial charge in [-0.15, -0.1) is 0 Å². The third-order valence-electron chi connectivity index (χ3n) is 6.09. The quantitative estimate of drug-likeness (QED) is 0.509. The number of rotatable bonds is 3. The van der Waals surface area contributed by atoms with Crippen molar-refractivity contribution in [2.45, 2.75) is 24.8 Å². The van der Waals surface area contributed by atoms with Crippen LogP contribution in [0.15, 0.2) is 84.1 Å². The summed E-state index contributed by atoms with van der Waals surface area (Å²) in [7, 11) is 1.60. The van der Waals surface area contributed by atoms with Crippen LogP contribution in [0.4, 0.5) is 11.4 Å². The molecule has 0 spiro atoms. The maximum Gasteiger partial charge on any atom is 0.163 e. The van der Waals surface area contributed by atoms with E-state index in [4.69, 9.17) is 16.3 Å². The highest BCUT2D eigenvalue weighted by Gasteiger charge is 2.36. The molecule has 3 aromatic carbocycles. The Kier molecular flexibility index (Phi) is 5.16. The van der Waals surface area contributed by atoms with Crippen LogP contribution in [0.25, 0.3) is 0 Å². The molecule has 3 aromatic rings. The monoisotopic (exact) mass is 430 g/mol. The molecule has 2 unspecified atom stereocenters. The van der Waals surface area contributed by atoms with E-state index in [2.05, 4.69) is 22.8 Å². The smallest absolute Gasteiger partial charge is 0.163 e. The van der Waals surface area contributed by atoms with E-state index < -0.39 is 0 Å². The van der Waals surface area contributed by atoms with Crippen molar-refractivity contribution in [3.63, 3.8) is 0 Å². The second-order valence-electron chi connectivity index (χ2n) is 7.97. The van der Waals surface area contributed by atoms with Gasteiger partial charge in [0.15, 0.2) is 5.78 Å². The molecule has 0 bridgehead atoms. The number of methoxy groups -OCH3 is 1. The Bertz CT molecular complexity index is 1170. The molecule has 5 rings (SSSR count). The number of allylic oxidation sites excluding steroid dienone is 1. The van der Waals surface area contributed by atoms with E-state index >= 15 is 0 Å². The minimum Gasteiger partial charge on any atom is -0.495 e. The number of ether oxygens (including phenoxy) is 1. The van der Waals surface area contributed by atoms with E-state index in [9.17, 15) is 4.79 Å². The molecule has 2 atom stereocenters. The first-order valence-corrected chi connectivity index (χ1v) is 10.8. The number of nitrogens with one attached hydrogen (secondary N) is 2. The van der Waals surface area contributed by atoms with E-state index in [0.717, 1.165) is 34.6 Å². The van der Waals surface area contributed by atoms with Crippen LogP contribution in [0.1, 0.15) is 35.9 Å². The molecule has 0 saturated carbocycles. The second-order valence-corrected chi connectivity index (χ2v) is 8.38. The number of para-hydroxylation sites is 2. The van der Waals surface area contributed by atoms with Gasteiger partial charge < -0.3 is 15.4 Å². The SMILES string of the molecule is COc1ccc(C2Nc3ccccc3NC3=C2C(=O)CC(c2ccccc2)C3)cc1Cl. The first-order valence-electron chi connectivity index (χ1n) is 10.4. The van der Waals surface area contributed by atoms with Gasteiger partial charge in [0, 0.05) is 17.7 Å². The number of halogens is 1. The van der Waals surface area contributed by atoms with Crippen LogP contribution in [0.5, 0.6) is 5.75 Å². The maximum atomic E-state index is 13.5. The van der Waals surface area contributed by atoms with Crippen LogP contribution in [-0.2, 0) is 4.79 Å². The Balaban J connectivity index is 1.62. The van der Waals surface area contributed by atoms with E-state index in [0.29, 0.717) is 17.2 Å². The first kappa shape index (κ1) is 19.7. The molecule has 0 aromatic heterocycles. The molecule has 5 heteroatoms. The molecule has 4 nitrogen and oxygen atoms in total. The lowest BCUT2D eigenvalue weighted by atomic mass is 9.78. The molecule has 0 fully saturated rings. The molecule has 31 heavy (non-hydrogen) atoms. The minimum atomic E-state index is -0.293. The van der Waals surface area contributed by atoms with Crippen molar-refractivity contribution in [3.8, 4) is 5.75 Å². The minimum absolute atomic E-state index is 0.153. The topological polar surface area (TPSA) is 50.4 Å². The molecule has 1 heterocycles. The fraction of sp³-hybridized carbons (Fsp3) is 0.192. The normalized spacial score (nSPS) is 20.1. The van der Waals surface area contributed by atoms with Gasteiger partial charge in [-0.2, -0.15) is 0 Å². The summed E-state index contributed by atoms with van der Waals surface area (Å²) >= 11 is 6.44. The van der Waals surface area contributed by atoms with Crippen molar-refractivity contribution in [1.29, 1.82) is 0 Å². The average molecular weight is 431 g/mol. The van der Waals surface area contributed by atoms with Gasteiger partial charge in [-0.3, -0.25) is 4.79 Å². The van der Waals surface area contributed by atoms with Crippen molar-refractivity contribution < 1.29 is 9.53 Å². The molecule has 156 valence electrons. The number of anilines is 2. The molecule has 0 amide bonds. The van der Waals surface area contributed by atoms with Crippen LogP contribution >= 0.6 is 11.6 Å². The largest absolute Gasteiger partial charge is 0.495 e. The van der Waals surface area contributed by atoms with Gasteiger partial charge in [0.2, 0.25) is 0 Å². The van der Waals surface area contributed by atoms with Crippen LogP contribution in [0.2, 0.25) is 5.02 Å². The predicted octanol–water partition coefficient (Wildman–Crippen LogP) is 6.33. The summed E-state index contributed by atoms with van der Waals surface area (Å²) in [6, 6.07) is 23.7. The summed E-state index contributed by atoms with van der Waals surface area (Å²) in [5.74, 6) is 0.927. The summed E-state index contributed by atoms with van der Waals surface area (Å²) in [5.41, 5.74) is 5.81. The van der Waals surface area contributed by atoms with Crippen molar-refractivity contribution in [3.05, 3.63) is 100 Å². The van der Waals surface area contributed by atoms with Crippen molar-refractivity contribution in [2.24, 2.45) is 0 Å². The van der Waals surface area contributed by atoms with Gasteiger partial charge in [-0.25, -0.2) is 0 Å². The molecular formula is C26H23ClN2O2. The highest BCUT2D eigenvalue weighted by atomic mass is 35.5. The number of ketones is 1. The third-order valence-corrected chi connectivity index (χ3v) is 6.38. The fourth-order valence-corrected chi connectivity index (χ4v) is 4.83. The average Bonchev–Trinajstić information content (AvgIpc) is 2.96. The lowest BCUT2D eigenvalue weighted by Gasteiger charge is -2.30. The zero-order valence-corrected chi connectivity index (χ0v) is 17.9. The summed E-state index contributed by atoms with van der Waals surface area (Å²) < 4.78 is 5.32. The second kappa shape index (κ2) is 8.12. The van der Waals surface area contributed by atoms with Gasteiger partial charge in [0.05, 0.1) is 29.5 Å². The number of Topliss-reactive ketones (excluding diaryl/α,β-unsaturated/α-hetero) is 1. The van der Waals surface area contributed by atoms with Gasteiger partial charge in [-0.1, -0.05) is 60.1 Å². The number of hydrogen-bond donors (Lipinski definition) is 2. The fourth-order valence-electron chi connectivity index (χ4n) is 4.57. The highest BCUT2D eigenvalue weighted by Crippen LogP contribution is 2.44. The van der Waals surface area contributed by atoms with Crippen LogP contribution < -0.4 is 15.4 Å². The van der Waals surface area contributed by atoms with Crippen molar-refractivity contribution in [1.82, 2.24) is 0 Å². The van der Waals surface area contributed by atoms with Crippen LogP contribution in [-0.4, -0.2) is 12.9 Å². The van der Waals surface area contributed by atoms with E-state index in [1.807, 2.05) is 60.7 Å². The van der Waals surface area contributed by atoms with Crippen LogP contribution in [0.3, 0.4) is 0 Å². The standard InChI is InChI=1S/C26H23ClN2O2/c1-31-24-12-11-17(13-19(24)27)26-25-22(28-20-9-5-6-10-21(20)29-26)14-18(15-23(25)30)16-7-3-2-4-8-16/h2-13,18,26,28-29H,14-15H2,1H3. The van der Waals surface area contributed by atoms with Gasteiger partial charge >= 0.3 is 0 Å². The maximum absolute atomic E-state index is 13.5. The Morgan fingerprint density at radius 3 is 2.39 bits per heavy atom. The highest BCUT2D eigenvalue weighted by molar-refractivity contribution is 6.32. The summed E-state index contributed by atoms with van der Waals surface area (Å²) in [5, 5.41) is 7.68. The van der Waals surface area contributed by atoms with E-state index in [1.165, 1.54) is 5.56 Å². The molecule has 1 aliphatic carbocycles. The number of fused-ring (bicyclic) bond motifs is 1. The predicted molar refractivity (Wildman–Crippen MR) is 125 cm³/mol. The number of carbonyl (C=O) groups excluding carboxylic acids is 1. The molecule has 2 N–H and O–H groups in total. The van der Waals surface area contributed by atoms with Gasteiger partial charge in [0.1, 0.15) is 5.75 Å². The molecule has 0 radical (unpaired) electrons. The first-order chi connectivity index (χ1) is 15.1. The Labute approximate surface area is 186 Å². The lowest BCUT2D eigenvalue weighted by Crippen LogP contribution is -2.26. The number of hydrogen-bond acceptors (Lipinski definition) is 4. The van der Waals surface area contributed by atoms with E-state index in [1.54, 1.807) is 7.11 Å². The van der Waals surface area contributed by atoms with Crippen molar-refractivity contribution >= 4 is 28.8 Å². The molecule has 2 aliphatic rings. The number of benzene rings is 3. The summed E-state index contributed by atoms with van der Waals surface area (Å²) in [6.07, 6.45) is 1.27. The number of carbonyl (C=O) groups is 1. The Morgan fingerprint density at radius 2 is 1.65 bits per heavy atom. The molecule has 0 saturated heterocycles. The molecular weight excluding hydrogens is 408 g/mol. The Hall–Kier alpha value is -3.24. The van der Waals surface area contributed by atoms with Crippen LogP contribution in [0, 0.1) is 0 Å². The van der Waals surface area contributed by atoms with Gasteiger partial charge in [0.25, 0.3) is 0 Å². The van der Waals surface area contributed by atoms with Gasteiger partial charge in [-0.05, 0) is 47.7 Å². The van der Waals surface area contributed by atoms with Crippen molar-refractivity contribution in [2.75, 3.05) is 17.7 Å². The third kappa shape index (κ3) is 3.68. The summed E-state index contributed by atoms with van der Waals surface area (Å²) in [4.78, 5) is 13.5.